The van der Waals surface area contributed by atoms with E-state index in [4.69, 9.17) is 20.2 Å². The van der Waals surface area contributed by atoms with Crippen molar-refractivity contribution in [2.75, 3.05) is 26.1 Å². The zero-order valence-corrected chi connectivity index (χ0v) is 19.3. The minimum absolute atomic E-state index is 0.150. The fraction of sp³-hybridized carbons (Fsp3) is 0.269. The number of rotatable bonds is 6. The Balaban J connectivity index is 1.38. The second-order valence-corrected chi connectivity index (χ2v) is 8.46. The van der Waals surface area contributed by atoms with Gasteiger partial charge in [-0.15, -0.1) is 0 Å². The number of carbonyl (C=O) groups excluding carboxylic acids is 1. The number of nitrogens with two attached hydrogens (primary N) is 1. The van der Waals surface area contributed by atoms with Gasteiger partial charge in [-0.25, -0.2) is 14.4 Å². The van der Waals surface area contributed by atoms with E-state index in [-0.39, 0.29) is 12.1 Å². The highest BCUT2D eigenvalue weighted by molar-refractivity contribution is 5.96. The molecule has 0 bridgehead atoms. The van der Waals surface area contributed by atoms with Crippen LogP contribution in [0.2, 0.25) is 0 Å². The minimum Gasteiger partial charge on any atom is -0.496 e. The van der Waals surface area contributed by atoms with Crippen molar-refractivity contribution in [1.82, 2.24) is 19.7 Å². The van der Waals surface area contributed by atoms with E-state index >= 15 is 0 Å². The molecule has 0 radical (unpaired) electrons. The molecule has 9 heteroatoms. The van der Waals surface area contributed by atoms with Gasteiger partial charge in [0.25, 0.3) is 5.91 Å². The molecule has 1 aliphatic rings. The number of nitrogen functional groups attached to an aromatic ring is 1. The van der Waals surface area contributed by atoms with Crippen LogP contribution in [0.5, 0.6) is 5.75 Å². The first-order valence-corrected chi connectivity index (χ1v) is 11.5. The van der Waals surface area contributed by atoms with E-state index < -0.39 is 11.7 Å². The summed E-state index contributed by atoms with van der Waals surface area (Å²) in [5, 5.41) is 2.81. The number of imidazole rings is 1. The molecule has 0 atom stereocenters. The first kappa shape index (κ1) is 22.8. The predicted molar refractivity (Wildman–Crippen MR) is 130 cm³/mol. The fourth-order valence-corrected chi connectivity index (χ4v) is 4.46. The number of nitrogens with zero attached hydrogens (tertiary/aromatic N) is 3. The van der Waals surface area contributed by atoms with E-state index in [2.05, 4.69) is 10.3 Å². The highest BCUT2D eigenvalue weighted by atomic mass is 19.1. The second kappa shape index (κ2) is 9.71. The number of hydrogen-bond donors (Lipinski definition) is 2. The molecule has 0 spiro atoms. The van der Waals surface area contributed by atoms with Gasteiger partial charge in [0.05, 0.1) is 23.9 Å². The van der Waals surface area contributed by atoms with Crippen LogP contribution in [0.15, 0.2) is 54.7 Å². The van der Waals surface area contributed by atoms with Crippen molar-refractivity contribution < 1.29 is 18.7 Å². The van der Waals surface area contributed by atoms with Crippen molar-refractivity contribution >= 4 is 17.4 Å². The van der Waals surface area contributed by atoms with Crippen LogP contribution < -0.4 is 15.8 Å². The molecule has 1 aliphatic heterocycles. The third-order valence-electron chi connectivity index (χ3n) is 6.29. The van der Waals surface area contributed by atoms with Crippen LogP contribution >= 0.6 is 0 Å². The molecule has 3 heterocycles. The van der Waals surface area contributed by atoms with Crippen LogP contribution in [0.4, 0.5) is 10.3 Å². The smallest absolute Gasteiger partial charge is 0.255 e. The van der Waals surface area contributed by atoms with Crippen molar-refractivity contribution in [3.63, 3.8) is 0 Å². The molecule has 1 fully saturated rings. The lowest BCUT2D eigenvalue weighted by atomic mass is 9.96. The van der Waals surface area contributed by atoms with Gasteiger partial charge in [0.2, 0.25) is 5.95 Å². The fourth-order valence-electron chi connectivity index (χ4n) is 4.46. The Hall–Kier alpha value is -3.98. The summed E-state index contributed by atoms with van der Waals surface area (Å²) in [6.45, 7) is 1.72. The summed E-state index contributed by atoms with van der Waals surface area (Å²) in [6.07, 6.45) is 3.55. The average Bonchev–Trinajstić information content (AvgIpc) is 3.29. The van der Waals surface area contributed by atoms with Crippen LogP contribution in [-0.2, 0) is 11.3 Å². The number of anilines is 1. The number of amides is 1. The molecule has 180 valence electrons. The van der Waals surface area contributed by atoms with Crippen molar-refractivity contribution in [2.24, 2.45) is 0 Å². The number of halogens is 1. The van der Waals surface area contributed by atoms with Crippen LogP contribution in [0.1, 0.15) is 40.4 Å². The van der Waals surface area contributed by atoms with Crippen LogP contribution in [0.3, 0.4) is 0 Å². The molecule has 5 rings (SSSR count). The summed E-state index contributed by atoms with van der Waals surface area (Å²) in [4.78, 5) is 21.8. The van der Waals surface area contributed by atoms with Gasteiger partial charge in [-0.3, -0.25) is 9.20 Å². The number of fused-ring (bicyclic) bond motifs is 1. The normalized spacial score (nSPS) is 14.2. The van der Waals surface area contributed by atoms with Gasteiger partial charge < -0.3 is 20.5 Å². The topological polar surface area (TPSA) is 104 Å². The molecule has 0 saturated carbocycles. The van der Waals surface area contributed by atoms with Gasteiger partial charge in [0.1, 0.15) is 17.4 Å². The zero-order valence-electron chi connectivity index (χ0n) is 19.3. The zero-order chi connectivity index (χ0) is 24.4. The molecule has 2 aromatic carbocycles. The molecule has 8 nitrogen and oxygen atoms in total. The van der Waals surface area contributed by atoms with E-state index in [9.17, 15) is 9.18 Å². The van der Waals surface area contributed by atoms with E-state index in [0.29, 0.717) is 17.6 Å². The quantitative estimate of drug-likeness (QED) is 0.438. The average molecular weight is 476 g/mol. The Kier molecular flexibility index (Phi) is 6.33. The summed E-state index contributed by atoms with van der Waals surface area (Å²) in [7, 11) is 1.44. The molecule has 4 aromatic rings. The number of carbonyl (C=O) groups is 1. The number of ether oxygens (including phenoxy) is 2. The lowest BCUT2D eigenvalue weighted by Gasteiger charge is -2.20. The summed E-state index contributed by atoms with van der Waals surface area (Å²) in [5.41, 5.74) is 10.1. The van der Waals surface area contributed by atoms with E-state index in [1.807, 2.05) is 34.7 Å². The molecule has 2 aromatic heterocycles. The number of hydrogen-bond acceptors (Lipinski definition) is 6. The Morgan fingerprint density at radius 3 is 2.71 bits per heavy atom. The van der Waals surface area contributed by atoms with Gasteiger partial charge >= 0.3 is 0 Å². The summed E-state index contributed by atoms with van der Waals surface area (Å²) in [6, 6.07) is 13.5. The predicted octanol–water partition coefficient (Wildman–Crippen LogP) is 3.95. The molecule has 0 unspecified atom stereocenters. The van der Waals surface area contributed by atoms with Crippen molar-refractivity contribution in [1.29, 1.82) is 0 Å². The van der Waals surface area contributed by atoms with Gasteiger partial charge in [-0.2, -0.15) is 0 Å². The third kappa shape index (κ3) is 4.54. The molecular formula is C26H26FN5O3. The SMILES string of the molecule is COc1ccc(F)cc1C(=O)NCc1ccc(-c2nc(C3CCOCC3)c3ccnc(N)n23)cc1. The summed E-state index contributed by atoms with van der Waals surface area (Å²) >= 11 is 0. The van der Waals surface area contributed by atoms with Crippen molar-refractivity contribution in [3.05, 3.63) is 77.4 Å². The lowest BCUT2D eigenvalue weighted by molar-refractivity contribution is 0.0849. The maximum atomic E-state index is 13.6. The van der Waals surface area contributed by atoms with Crippen molar-refractivity contribution in [3.8, 4) is 17.1 Å². The summed E-state index contributed by atoms with van der Waals surface area (Å²) in [5.74, 6) is 0.821. The summed E-state index contributed by atoms with van der Waals surface area (Å²) < 4.78 is 26.2. The monoisotopic (exact) mass is 475 g/mol. The highest BCUT2D eigenvalue weighted by Crippen LogP contribution is 2.33. The van der Waals surface area contributed by atoms with Gasteiger partial charge in [-0.05, 0) is 42.7 Å². The Labute approximate surface area is 201 Å². The minimum atomic E-state index is -0.499. The van der Waals surface area contributed by atoms with Crippen LogP contribution in [-0.4, -0.2) is 40.6 Å². The molecular weight excluding hydrogens is 449 g/mol. The van der Waals surface area contributed by atoms with Gasteiger partial charge in [-0.1, -0.05) is 24.3 Å². The third-order valence-corrected chi connectivity index (χ3v) is 6.29. The maximum absolute atomic E-state index is 13.6. The number of nitrogens with one attached hydrogen (secondary N) is 1. The molecule has 35 heavy (non-hydrogen) atoms. The Morgan fingerprint density at radius 1 is 1.20 bits per heavy atom. The maximum Gasteiger partial charge on any atom is 0.255 e. The second-order valence-electron chi connectivity index (χ2n) is 8.46. The number of methoxy groups -OCH3 is 1. The molecule has 3 N–H and O–H groups in total. The van der Waals surface area contributed by atoms with Crippen molar-refractivity contribution in [2.45, 2.75) is 25.3 Å². The van der Waals surface area contributed by atoms with E-state index in [0.717, 1.165) is 60.3 Å². The first-order chi connectivity index (χ1) is 17.0. The molecule has 1 amide bonds. The lowest BCUT2D eigenvalue weighted by Crippen LogP contribution is -2.23. The van der Waals surface area contributed by atoms with Crippen LogP contribution in [0.25, 0.3) is 16.9 Å². The van der Waals surface area contributed by atoms with E-state index in [1.165, 1.54) is 19.2 Å². The molecule has 1 saturated heterocycles. The van der Waals surface area contributed by atoms with Gasteiger partial charge in [0.15, 0.2) is 0 Å². The standard InChI is InChI=1S/C26H26FN5O3/c1-34-22-7-6-19(27)14-20(22)25(33)30-15-16-2-4-18(5-3-16)24-31-23(17-9-12-35-13-10-17)21-8-11-29-26(28)32(21)24/h2-8,11,14,17H,9-10,12-13,15H2,1H3,(H2,28,29)(H,30,33). The van der Waals surface area contributed by atoms with Crippen LogP contribution in [0, 0.1) is 5.82 Å². The highest BCUT2D eigenvalue weighted by Gasteiger charge is 2.24. The van der Waals surface area contributed by atoms with E-state index in [1.54, 1.807) is 6.20 Å². The number of aromatic nitrogens is 3. The largest absolute Gasteiger partial charge is 0.496 e. The number of benzene rings is 2. The van der Waals surface area contributed by atoms with Gasteiger partial charge in [0, 0.05) is 37.4 Å². The Morgan fingerprint density at radius 2 is 1.97 bits per heavy atom. The Bertz CT molecular complexity index is 1360. The first-order valence-electron chi connectivity index (χ1n) is 11.5. The molecule has 0 aliphatic carbocycles.